The summed E-state index contributed by atoms with van der Waals surface area (Å²) in [6.07, 6.45) is 0. The van der Waals surface area contributed by atoms with Crippen molar-refractivity contribution in [1.82, 2.24) is 10.1 Å². The lowest BCUT2D eigenvalue weighted by Gasteiger charge is -2.24. The third-order valence-electron chi connectivity index (χ3n) is 4.56. The van der Waals surface area contributed by atoms with Gasteiger partial charge in [-0.25, -0.2) is 0 Å². The molecule has 158 valence electrons. The second kappa shape index (κ2) is 9.67. The largest absolute Gasteiger partial charge is 0.497 e. The van der Waals surface area contributed by atoms with E-state index in [4.69, 9.17) is 25.6 Å². The number of rotatable bonds is 8. The van der Waals surface area contributed by atoms with Gasteiger partial charge in [-0.1, -0.05) is 42.7 Å². The maximum absolute atomic E-state index is 13.1. The SMILES string of the molecule is COc1ccc(OC)c(-c2cc(CN(CC(C)C)C(=O)c3ccccc3Cl)no2)c1. The molecule has 0 N–H and O–H groups in total. The van der Waals surface area contributed by atoms with Crippen LogP contribution in [0.1, 0.15) is 29.9 Å². The van der Waals surface area contributed by atoms with Crippen LogP contribution in [-0.2, 0) is 6.54 Å². The lowest BCUT2D eigenvalue weighted by molar-refractivity contribution is 0.0719. The fraction of sp³-hybridized carbons (Fsp3) is 0.304. The number of benzene rings is 2. The summed E-state index contributed by atoms with van der Waals surface area (Å²) in [4.78, 5) is 14.8. The van der Waals surface area contributed by atoms with Gasteiger partial charge >= 0.3 is 0 Å². The van der Waals surface area contributed by atoms with Crippen LogP contribution in [0.25, 0.3) is 11.3 Å². The monoisotopic (exact) mass is 428 g/mol. The van der Waals surface area contributed by atoms with E-state index in [1.807, 2.05) is 24.3 Å². The molecule has 1 heterocycles. The van der Waals surface area contributed by atoms with Crippen molar-refractivity contribution in [3.63, 3.8) is 0 Å². The number of nitrogens with zero attached hydrogens (tertiary/aromatic N) is 2. The first kappa shape index (κ1) is 21.7. The highest BCUT2D eigenvalue weighted by molar-refractivity contribution is 6.33. The molecule has 0 saturated carbocycles. The number of methoxy groups -OCH3 is 2. The van der Waals surface area contributed by atoms with Gasteiger partial charge in [-0.05, 0) is 36.2 Å². The third-order valence-corrected chi connectivity index (χ3v) is 4.89. The van der Waals surface area contributed by atoms with E-state index >= 15 is 0 Å². The summed E-state index contributed by atoms with van der Waals surface area (Å²) in [6, 6.07) is 14.3. The number of aromatic nitrogens is 1. The molecule has 0 aliphatic heterocycles. The average Bonchev–Trinajstić information content (AvgIpc) is 3.20. The Hall–Kier alpha value is -2.99. The molecule has 3 aromatic rings. The molecule has 30 heavy (non-hydrogen) atoms. The smallest absolute Gasteiger partial charge is 0.255 e. The summed E-state index contributed by atoms with van der Waals surface area (Å²) in [5.41, 5.74) is 1.83. The van der Waals surface area contributed by atoms with Crippen molar-refractivity contribution >= 4 is 17.5 Å². The Morgan fingerprint density at radius 2 is 1.90 bits per heavy atom. The zero-order valence-electron chi connectivity index (χ0n) is 17.5. The first-order valence-electron chi connectivity index (χ1n) is 9.64. The Balaban J connectivity index is 1.88. The van der Waals surface area contributed by atoms with Crippen LogP contribution in [0.5, 0.6) is 11.5 Å². The van der Waals surface area contributed by atoms with E-state index in [1.165, 1.54) is 0 Å². The molecule has 0 atom stereocenters. The van der Waals surface area contributed by atoms with Gasteiger partial charge in [-0.3, -0.25) is 4.79 Å². The van der Waals surface area contributed by atoms with Gasteiger partial charge in [0.15, 0.2) is 5.76 Å². The van der Waals surface area contributed by atoms with Gasteiger partial charge in [0.2, 0.25) is 0 Å². The topological polar surface area (TPSA) is 64.8 Å². The second-order valence-electron chi connectivity index (χ2n) is 7.31. The van der Waals surface area contributed by atoms with Crippen molar-refractivity contribution in [3.8, 4) is 22.8 Å². The second-order valence-corrected chi connectivity index (χ2v) is 7.72. The molecule has 0 fully saturated rings. The third kappa shape index (κ3) is 4.94. The molecule has 0 radical (unpaired) electrons. The normalized spacial score (nSPS) is 10.9. The number of ether oxygens (including phenoxy) is 2. The highest BCUT2D eigenvalue weighted by Crippen LogP contribution is 2.34. The Bertz CT molecular complexity index is 1020. The minimum atomic E-state index is -0.141. The molecule has 0 unspecified atom stereocenters. The summed E-state index contributed by atoms with van der Waals surface area (Å²) in [5, 5.41) is 4.60. The van der Waals surface area contributed by atoms with Gasteiger partial charge in [0.1, 0.15) is 17.2 Å². The molecule has 0 aliphatic carbocycles. The van der Waals surface area contributed by atoms with Crippen molar-refractivity contribution in [2.24, 2.45) is 5.92 Å². The fourth-order valence-corrected chi connectivity index (χ4v) is 3.40. The summed E-state index contributed by atoms with van der Waals surface area (Å²) in [7, 11) is 3.19. The highest BCUT2D eigenvalue weighted by Gasteiger charge is 2.22. The Morgan fingerprint density at radius 3 is 2.57 bits per heavy atom. The van der Waals surface area contributed by atoms with E-state index < -0.39 is 0 Å². The summed E-state index contributed by atoms with van der Waals surface area (Å²) in [5.74, 6) is 2.00. The quantitative estimate of drug-likeness (QED) is 0.486. The van der Waals surface area contributed by atoms with Crippen molar-refractivity contribution in [2.75, 3.05) is 20.8 Å². The summed E-state index contributed by atoms with van der Waals surface area (Å²) < 4.78 is 16.3. The van der Waals surface area contributed by atoms with E-state index in [-0.39, 0.29) is 11.8 Å². The molecule has 6 nitrogen and oxygen atoms in total. The number of carbonyl (C=O) groups is 1. The van der Waals surface area contributed by atoms with Gasteiger partial charge in [-0.15, -0.1) is 0 Å². The predicted molar refractivity (Wildman–Crippen MR) is 116 cm³/mol. The molecule has 0 spiro atoms. The van der Waals surface area contributed by atoms with Crippen LogP contribution in [-0.4, -0.2) is 36.7 Å². The molecular formula is C23H25ClN2O4. The zero-order valence-corrected chi connectivity index (χ0v) is 18.3. The van der Waals surface area contributed by atoms with Gasteiger partial charge in [-0.2, -0.15) is 0 Å². The molecule has 2 aromatic carbocycles. The Morgan fingerprint density at radius 1 is 1.13 bits per heavy atom. The highest BCUT2D eigenvalue weighted by atomic mass is 35.5. The van der Waals surface area contributed by atoms with Gasteiger partial charge < -0.3 is 18.9 Å². The lowest BCUT2D eigenvalue weighted by Crippen LogP contribution is -2.34. The molecule has 0 aliphatic rings. The Kier molecular flexibility index (Phi) is 7.00. The van der Waals surface area contributed by atoms with Gasteiger partial charge in [0, 0.05) is 12.6 Å². The van der Waals surface area contributed by atoms with Crippen molar-refractivity contribution in [2.45, 2.75) is 20.4 Å². The minimum Gasteiger partial charge on any atom is -0.497 e. The summed E-state index contributed by atoms with van der Waals surface area (Å²) >= 11 is 6.24. The van der Waals surface area contributed by atoms with E-state index in [2.05, 4.69) is 19.0 Å². The average molecular weight is 429 g/mol. The van der Waals surface area contributed by atoms with E-state index in [9.17, 15) is 4.79 Å². The first-order valence-corrected chi connectivity index (χ1v) is 10.0. The molecule has 1 amide bonds. The van der Waals surface area contributed by atoms with Gasteiger partial charge in [0.05, 0.1) is 36.9 Å². The van der Waals surface area contributed by atoms with Crippen molar-refractivity contribution < 1.29 is 18.8 Å². The molecular weight excluding hydrogens is 404 g/mol. The molecule has 7 heteroatoms. The van der Waals surface area contributed by atoms with Crippen molar-refractivity contribution in [3.05, 3.63) is 64.8 Å². The number of carbonyl (C=O) groups excluding carboxylic acids is 1. The minimum absolute atomic E-state index is 0.141. The van der Waals surface area contributed by atoms with Crippen LogP contribution in [0, 0.1) is 5.92 Å². The maximum Gasteiger partial charge on any atom is 0.255 e. The lowest BCUT2D eigenvalue weighted by atomic mass is 10.1. The van der Waals surface area contributed by atoms with Crippen LogP contribution in [0.15, 0.2) is 53.1 Å². The van der Waals surface area contributed by atoms with Crippen LogP contribution >= 0.6 is 11.6 Å². The number of halogens is 1. The van der Waals surface area contributed by atoms with Crippen LogP contribution < -0.4 is 9.47 Å². The first-order chi connectivity index (χ1) is 14.4. The van der Waals surface area contributed by atoms with E-state index in [0.29, 0.717) is 46.6 Å². The number of hydrogen-bond donors (Lipinski definition) is 0. The number of amides is 1. The van der Waals surface area contributed by atoms with E-state index in [0.717, 1.165) is 5.56 Å². The predicted octanol–water partition coefficient (Wildman–Crippen LogP) is 5.31. The summed E-state index contributed by atoms with van der Waals surface area (Å²) in [6.45, 7) is 4.98. The molecule has 1 aromatic heterocycles. The van der Waals surface area contributed by atoms with Gasteiger partial charge in [0.25, 0.3) is 5.91 Å². The van der Waals surface area contributed by atoms with Crippen LogP contribution in [0.3, 0.4) is 0 Å². The maximum atomic E-state index is 13.1. The molecule has 3 rings (SSSR count). The Labute approximate surface area is 181 Å². The van der Waals surface area contributed by atoms with E-state index in [1.54, 1.807) is 43.4 Å². The van der Waals surface area contributed by atoms with Crippen LogP contribution in [0.4, 0.5) is 0 Å². The molecule has 0 bridgehead atoms. The van der Waals surface area contributed by atoms with Crippen molar-refractivity contribution in [1.29, 1.82) is 0 Å². The zero-order chi connectivity index (χ0) is 21.7. The number of hydrogen-bond acceptors (Lipinski definition) is 5. The fourth-order valence-electron chi connectivity index (χ4n) is 3.18. The standard InChI is InChI=1S/C23H25ClN2O4/c1-15(2)13-26(23(27)18-7-5-6-8-20(18)24)14-16-11-22(30-25-16)19-12-17(28-3)9-10-21(19)29-4/h5-12,15H,13-14H2,1-4H3. The molecule has 0 saturated heterocycles. The van der Waals surface area contributed by atoms with Crippen LogP contribution in [0.2, 0.25) is 5.02 Å².